The summed E-state index contributed by atoms with van der Waals surface area (Å²) in [7, 11) is 2.92. The number of hydrazone groups is 1. The minimum absolute atomic E-state index is 0.0219. The van der Waals surface area contributed by atoms with Crippen LogP contribution in [0.25, 0.3) is 11.2 Å². The number of nitro benzene ring substituents is 1. The fraction of sp³-hybridized carbons (Fsp3) is 0.263. The first-order chi connectivity index (χ1) is 14.6. The zero-order valence-corrected chi connectivity index (χ0v) is 18.0. The van der Waals surface area contributed by atoms with E-state index in [2.05, 4.69) is 15.5 Å². The van der Waals surface area contributed by atoms with E-state index in [1.807, 2.05) is 0 Å². The number of rotatable bonds is 6. The molecular formula is C19H20ClN7O4. The standard InChI is InChI=1S/C19H20ClN7O4/c1-11(20)9-10-26-15-16(24(3)19(29)25(4)17(15)28)21-18(26)23-22-12(2)13-5-7-14(8-6-13)27(30)31/h5-9H,10H2,1-4H3,(H,21,23)/b11-9+,22-12-. The van der Waals surface area contributed by atoms with Gasteiger partial charge in [0.25, 0.3) is 11.2 Å². The number of hydrogen-bond donors (Lipinski definition) is 1. The molecule has 0 amide bonds. The molecule has 2 aromatic heterocycles. The molecule has 3 aromatic rings. The number of hydrogen-bond acceptors (Lipinski definition) is 7. The van der Waals surface area contributed by atoms with Gasteiger partial charge >= 0.3 is 5.69 Å². The number of aryl methyl sites for hydroxylation is 1. The molecule has 0 saturated carbocycles. The first kappa shape index (κ1) is 22.0. The molecule has 0 saturated heterocycles. The zero-order valence-electron chi connectivity index (χ0n) is 17.3. The monoisotopic (exact) mass is 445 g/mol. The van der Waals surface area contributed by atoms with Gasteiger partial charge in [-0.1, -0.05) is 17.7 Å². The summed E-state index contributed by atoms with van der Waals surface area (Å²) in [5, 5.41) is 15.6. The number of anilines is 1. The van der Waals surface area contributed by atoms with E-state index in [1.54, 1.807) is 36.6 Å². The lowest BCUT2D eigenvalue weighted by Crippen LogP contribution is -2.37. The van der Waals surface area contributed by atoms with E-state index in [9.17, 15) is 19.7 Å². The van der Waals surface area contributed by atoms with Crippen LogP contribution in [0.1, 0.15) is 19.4 Å². The third-order valence-electron chi connectivity index (χ3n) is 4.72. The molecule has 31 heavy (non-hydrogen) atoms. The molecule has 0 atom stereocenters. The van der Waals surface area contributed by atoms with Crippen molar-refractivity contribution in [3.63, 3.8) is 0 Å². The van der Waals surface area contributed by atoms with Gasteiger partial charge in [0.2, 0.25) is 5.95 Å². The summed E-state index contributed by atoms with van der Waals surface area (Å²) < 4.78 is 3.87. The first-order valence-corrected chi connectivity index (χ1v) is 9.53. The van der Waals surface area contributed by atoms with Crippen molar-refractivity contribution in [2.75, 3.05) is 5.43 Å². The van der Waals surface area contributed by atoms with Crippen molar-refractivity contribution < 1.29 is 4.92 Å². The molecular weight excluding hydrogens is 426 g/mol. The van der Waals surface area contributed by atoms with Crippen molar-refractivity contribution in [1.82, 2.24) is 18.7 Å². The average molecular weight is 446 g/mol. The number of nitro groups is 1. The predicted octanol–water partition coefficient (Wildman–Crippen LogP) is 2.32. The second-order valence-electron chi connectivity index (χ2n) is 6.83. The third kappa shape index (κ3) is 4.26. The van der Waals surface area contributed by atoms with Crippen LogP contribution in [-0.2, 0) is 20.6 Å². The van der Waals surface area contributed by atoms with E-state index in [4.69, 9.17) is 11.6 Å². The van der Waals surface area contributed by atoms with Crippen LogP contribution in [0.3, 0.4) is 0 Å². The summed E-state index contributed by atoms with van der Waals surface area (Å²) in [5.41, 5.74) is 3.46. The number of halogens is 1. The van der Waals surface area contributed by atoms with Gasteiger partial charge in [-0.15, -0.1) is 0 Å². The number of nitrogens with zero attached hydrogens (tertiary/aromatic N) is 6. The molecule has 0 aliphatic carbocycles. The smallest absolute Gasteiger partial charge is 0.299 e. The molecule has 0 bridgehead atoms. The van der Waals surface area contributed by atoms with Gasteiger partial charge in [0.05, 0.1) is 10.6 Å². The van der Waals surface area contributed by atoms with Crippen molar-refractivity contribution in [3.05, 3.63) is 71.9 Å². The Bertz CT molecular complexity index is 1340. The van der Waals surface area contributed by atoms with Crippen molar-refractivity contribution in [2.45, 2.75) is 20.4 Å². The first-order valence-electron chi connectivity index (χ1n) is 9.15. The fourth-order valence-corrected chi connectivity index (χ4v) is 3.02. The molecule has 0 radical (unpaired) electrons. The van der Waals surface area contributed by atoms with Gasteiger partial charge in [-0.2, -0.15) is 10.1 Å². The molecule has 11 nitrogen and oxygen atoms in total. The lowest BCUT2D eigenvalue weighted by Gasteiger charge is -2.07. The molecule has 0 spiro atoms. The summed E-state index contributed by atoms with van der Waals surface area (Å²) in [6, 6.07) is 5.94. The van der Waals surface area contributed by atoms with Crippen molar-refractivity contribution in [1.29, 1.82) is 0 Å². The molecule has 2 heterocycles. The molecule has 1 N–H and O–H groups in total. The van der Waals surface area contributed by atoms with Crippen LogP contribution in [0.5, 0.6) is 0 Å². The Morgan fingerprint density at radius 2 is 1.87 bits per heavy atom. The molecule has 0 aliphatic heterocycles. The number of non-ortho nitro benzene ring substituents is 1. The van der Waals surface area contributed by atoms with E-state index in [-0.39, 0.29) is 29.3 Å². The van der Waals surface area contributed by atoms with Crippen LogP contribution in [0.4, 0.5) is 11.6 Å². The lowest BCUT2D eigenvalue weighted by atomic mass is 10.1. The molecule has 162 valence electrons. The summed E-state index contributed by atoms with van der Waals surface area (Å²) in [6.07, 6.45) is 1.70. The molecule has 0 fully saturated rings. The minimum Gasteiger partial charge on any atom is -0.299 e. The second-order valence-corrected chi connectivity index (χ2v) is 7.42. The Morgan fingerprint density at radius 1 is 1.23 bits per heavy atom. The summed E-state index contributed by atoms with van der Waals surface area (Å²) in [6.45, 7) is 3.66. The topological polar surface area (TPSA) is 129 Å². The van der Waals surface area contributed by atoms with E-state index < -0.39 is 16.2 Å². The second kappa shape index (κ2) is 8.56. The highest BCUT2D eigenvalue weighted by molar-refractivity contribution is 6.29. The van der Waals surface area contributed by atoms with Gasteiger partial charge in [0.1, 0.15) is 0 Å². The third-order valence-corrected chi connectivity index (χ3v) is 4.88. The highest BCUT2D eigenvalue weighted by Crippen LogP contribution is 2.17. The Balaban J connectivity index is 2.08. The maximum absolute atomic E-state index is 12.7. The number of nitrogens with one attached hydrogen (secondary N) is 1. The van der Waals surface area contributed by atoms with Crippen LogP contribution in [0.2, 0.25) is 0 Å². The maximum atomic E-state index is 12.7. The average Bonchev–Trinajstić information content (AvgIpc) is 3.11. The Hall–Kier alpha value is -3.73. The number of allylic oxidation sites excluding steroid dienone is 2. The van der Waals surface area contributed by atoms with Crippen molar-refractivity contribution in [3.8, 4) is 0 Å². The van der Waals surface area contributed by atoms with Gasteiger partial charge in [-0.25, -0.2) is 10.2 Å². The predicted molar refractivity (Wildman–Crippen MR) is 119 cm³/mol. The molecule has 0 unspecified atom stereocenters. The van der Waals surface area contributed by atoms with Crippen LogP contribution in [0.15, 0.2) is 50.1 Å². The summed E-state index contributed by atoms with van der Waals surface area (Å²) in [4.78, 5) is 39.7. The highest BCUT2D eigenvalue weighted by atomic mass is 35.5. The number of fused-ring (bicyclic) bond motifs is 1. The minimum atomic E-state index is -0.497. The molecule has 1 aromatic carbocycles. The molecule has 3 rings (SSSR count). The maximum Gasteiger partial charge on any atom is 0.332 e. The quantitative estimate of drug-likeness (QED) is 0.352. The van der Waals surface area contributed by atoms with Crippen LogP contribution < -0.4 is 16.7 Å². The van der Waals surface area contributed by atoms with Crippen molar-refractivity contribution in [2.24, 2.45) is 19.2 Å². The molecule has 12 heteroatoms. The van der Waals surface area contributed by atoms with Gasteiger partial charge in [-0.05, 0) is 31.5 Å². The van der Waals surface area contributed by atoms with E-state index in [0.29, 0.717) is 16.3 Å². The van der Waals surface area contributed by atoms with Gasteiger partial charge < -0.3 is 0 Å². The van der Waals surface area contributed by atoms with Crippen LogP contribution in [0, 0.1) is 10.1 Å². The van der Waals surface area contributed by atoms with Gasteiger partial charge in [-0.3, -0.25) is 28.6 Å². The molecule has 0 aliphatic rings. The normalized spacial score (nSPS) is 12.4. The Kier molecular flexibility index (Phi) is 6.07. The summed E-state index contributed by atoms with van der Waals surface area (Å²) in [5.74, 6) is 0.240. The van der Waals surface area contributed by atoms with E-state index in [0.717, 1.165) is 4.57 Å². The van der Waals surface area contributed by atoms with E-state index in [1.165, 1.54) is 30.8 Å². The zero-order chi connectivity index (χ0) is 22.9. The van der Waals surface area contributed by atoms with Gasteiger partial charge in [0, 0.05) is 37.8 Å². The van der Waals surface area contributed by atoms with Crippen LogP contribution in [-0.4, -0.2) is 29.3 Å². The fourth-order valence-electron chi connectivity index (χ4n) is 2.95. The largest absolute Gasteiger partial charge is 0.332 e. The lowest BCUT2D eigenvalue weighted by molar-refractivity contribution is -0.384. The van der Waals surface area contributed by atoms with Gasteiger partial charge in [0.15, 0.2) is 11.2 Å². The Labute approximate surface area is 181 Å². The number of benzene rings is 1. The Morgan fingerprint density at radius 3 is 2.45 bits per heavy atom. The SMILES string of the molecule is C/C(=N/Nc1nc2c(c(=O)n(C)c(=O)n2C)n1C/C=C(\C)Cl)c1ccc([N+](=O)[O-])cc1. The van der Waals surface area contributed by atoms with Crippen molar-refractivity contribution >= 4 is 40.1 Å². The number of imidazole rings is 1. The van der Waals surface area contributed by atoms with E-state index >= 15 is 0 Å². The highest BCUT2D eigenvalue weighted by Gasteiger charge is 2.18. The summed E-state index contributed by atoms with van der Waals surface area (Å²) >= 11 is 5.96. The van der Waals surface area contributed by atoms with Crippen LogP contribution >= 0.6 is 11.6 Å². The number of aromatic nitrogens is 4.